The maximum absolute atomic E-state index is 11.9. The Hall–Kier alpha value is -2.14. The molecule has 8 heteroatoms. The van der Waals surface area contributed by atoms with E-state index in [-0.39, 0.29) is 13.0 Å². The first-order valence-electron chi connectivity index (χ1n) is 5.38. The lowest BCUT2D eigenvalue weighted by Gasteiger charge is -2.06. The fourth-order valence-corrected chi connectivity index (χ4v) is 1.53. The van der Waals surface area contributed by atoms with Crippen LogP contribution in [0.2, 0.25) is 0 Å². The second kappa shape index (κ2) is 5.24. The van der Waals surface area contributed by atoms with Gasteiger partial charge in [0, 0.05) is 12.6 Å². The molecule has 2 aromatic heterocycles. The van der Waals surface area contributed by atoms with Crippen molar-refractivity contribution in [2.75, 3.05) is 13.2 Å². The number of aromatic nitrogens is 3. The maximum Gasteiger partial charge on any atom is 0.411 e. The Kier molecular flexibility index (Phi) is 3.66. The van der Waals surface area contributed by atoms with E-state index in [0.717, 1.165) is 0 Å². The van der Waals surface area contributed by atoms with E-state index in [1.807, 2.05) is 6.07 Å². The topological polar surface area (TPSA) is 63.2 Å². The molecule has 0 amide bonds. The number of halogens is 3. The molecular weight excluding hydrogens is 261 g/mol. The molecule has 0 aromatic carbocycles. The third kappa shape index (κ3) is 3.42. The van der Waals surface area contributed by atoms with E-state index in [1.165, 1.54) is 6.20 Å². The summed E-state index contributed by atoms with van der Waals surface area (Å²) in [7, 11) is 0. The quantitative estimate of drug-likeness (QED) is 0.793. The highest BCUT2D eigenvalue weighted by Crippen LogP contribution is 2.14. The zero-order chi connectivity index (χ0) is 13.9. The van der Waals surface area contributed by atoms with Crippen molar-refractivity contribution in [2.45, 2.75) is 12.6 Å². The average molecular weight is 270 g/mol. The Labute approximate surface area is 106 Å². The highest BCUT2D eigenvalue weighted by atomic mass is 19.4. The van der Waals surface area contributed by atoms with Crippen molar-refractivity contribution in [3.8, 4) is 6.07 Å². The van der Waals surface area contributed by atoms with Crippen LogP contribution in [-0.2, 0) is 11.2 Å². The summed E-state index contributed by atoms with van der Waals surface area (Å²) in [4.78, 5) is 0. The summed E-state index contributed by atoms with van der Waals surface area (Å²) in [6.07, 6.45) is -2.61. The van der Waals surface area contributed by atoms with Gasteiger partial charge in [-0.25, -0.2) is 0 Å². The molecule has 0 unspecified atom stereocenters. The van der Waals surface area contributed by atoms with Crippen LogP contribution in [0.15, 0.2) is 18.3 Å². The predicted octanol–water partition coefficient (Wildman–Crippen LogP) is 1.72. The Morgan fingerprint density at radius 1 is 1.32 bits per heavy atom. The minimum atomic E-state index is -4.33. The Morgan fingerprint density at radius 2 is 2.11 bits per heavy atom. The number of hydrogen-bond donors (Lipinski definition) is 0. The van der Waals surface area contributed by atoms with Crippen LogP contribution in [0.25, 0.3) is 5.65 Å². The Morgan fingerprint density at radius 3 is 2.79 bits per heavy atom. The van der Waals surface area contributed by atoms with Crippen LogP contribution < -0.4 is 0 Å². The Balaban J connectivity index is 2.03. The molecule has 0 saturated carbocycles. The van der Waals surface area contributed by atoms with Crippen molar-refractivity contribution in [3.63, 3.8) is 0 Å². The van der Waals surface area contributed by atoms with Crippen LogP contribution in [-0.4, -0.2) is 34.0 Å². The van der Waals surface area contributed by atoms with Gasteiger partial charge in [-0.3, -0.25) is 4.40 Å². The molecule has 0 aliphatic heterocycles. The molecule has 0 fully saturated rings. The lowest BCUT2D eigenvalue weighted by atomic mass is 10.3. The van der Waals surface area contributed by atoms with E-state index in [2.05, 4.69) is 14.9 Å². The normalized spacial score (nSPS) is 11.7. The lowest BCUT2D eigenvalue weighted by molar-refractivity contribution is -0.173. The molecule has 0 bridgehead atoms. The van der Waals surface area contributed by atoms with E-state index < -0.39 is 12.8 Å². The molecule has 0 aliphatic rings. The van der Waals surface area contributed by atoms with E-state index >= 15 is 0 Å². The molecule has 100 valence electrons. The minimum Gasteiger partial charge on any atom is -0.372 e. The predicted molar refractivity (Wildman–Crippen MR) is 58.3 cm³/mol. The van der Waals surface area contributed by atoms with Gasteiger partial charge in [-0.2, -0.15) is 18.4 Å². The summed E-state index contributed by atoms with van der Waals surface area (Å²) >= 11 is 0. The first kappa shape index (κ1) is 13.3. The van der Waals surface area contributed by atoms with Crippen molar-refractivity contribution in [3.05, 3.63) is 29.7 Å². The smallest absolute Gasteiger partial charge is 0.372 e. The largest absolute Gasteiger partial charge is 0.411 e. The van der Waals surface area contributed by atoms with Gasteiger partial charge in [0.15, 0.2) is 5.65 Å². The zero-order valence-electron chi connectivity index (χ0n) is 9.68. The van der Waals surface area contributed by atoms with Gasteiger partial charge in [0.25, 0.3) is 0 Å². The van der Waals surface area contributed by atoms with Crippen molar-refractivity contribution in [2.24, 2.45) is 0 Å². The van der Waals surface area contributed by atoms with Crippen LogP contribution in [0.4, 0.5) is 13.2 Å². The van der Waals surface area contributed by atoms with Crippen LogP contribution >= 0.6 is 0 Å². The molecule has 0 radical (unpaired) electrons. The third-order valence-corrected chi connectivity index (χ3v) is 2.34. The van der Waals surface area contributed by atoms with Gasteiger partial charge in [-0.15, -0.1) is 10.2 Å². The first-order valence-corrected chi connectivity index (χ1v) is 5.38. The van der Waals surface area contributed by atoms with Crippen LogP contribution in [0.3, 0.4) is 0 Å². The number of hydrogen-bond acceptors (Lipinski definition) is 4. The summed E-state index contributed by atoms with van der Waals surface area (Å²) in [6, 6.07) is 5.17. The summed E-state index contributed by atoms with van der Waals surface area (Å²) < 4.78 is 41.7. The average Bonchev–Trinajstić information content (AvgIpc) is 2.76. The second-order valence-corrected chi connectivity index (χ2v) is 3.79. The maximum atomic E-state index is 11.9. The zero-order valence-corrected chi connectivity index (χ0v) is 9.68. The highest BCUT2D eigenvalue weighted by Gasteiger charge is 2.27. The molecular formula is C11H9F3N4O. The molecule has 0 saturated heterocycles. The van der Waals surface area contributed by atoms with Gasteiger partial charge in [-0.05, 0) is 12.1 Å². The molecule has 2 heterocycles. The van der Waals surface area contributed by atoms with Crippen molar-refractivity contribution >= 4 is 5.65 Å². The number of nitriles is 1. The summed E-state index contributed by atoms with van der Waals surface area (Å²) in [5.41, 5.74) is 0.953. The molecule has 2 rings (SSSR count). The fourth-order valence-electron chi connectivity index (χ4n) is 1.53. The SMILES string of the molecule is N#Cc1ccc2nnc(CCOCC(F)(F)F)n2c1. The van der Waals surface area contributed by atoms with Crippen LogP contribution in [0, 0.1) is 11.3 Å². The van der Waals surface area contributed by atoms with Gasteiger partial charge >= 0.3 is 6.18 Å². The number of fused-ring (bicyclic) bond motifs is 1. The molecule has 2 aromatic rings. The van der Waals surface area contributed by atoms with Gasteiger partial charge in [0.2, 0.25) is 0 Å². The number of pyridine rings is 1. The van der Waals surface area contributed by atoms with E-state index in [0.29, 0.717) is 17.0 Å². The van der Waals surface area contributed by atoms with E-state index in [1.54, 1.807) is 16.5 Å². The number of rotatable bonds is 4. The van der Waals surface area contributed by atoms with Gasteiger partial charge in [0.1, 0.15) is 18.5 Å². The van der Waals surface area contributed by atoms with E-state index in [9.17, 15) is 13.2 Å². The minimum absolute atomic E-state index is 0.114. The Bertz CT molecular complexity index is 614. The molecule has 0 aliphatic carbocycles. The highest BCUT2D eigenvalue weighted by molar-refractivity contribution is 5.42. The lowest BCUT2D eigenvalue weighted by Crippen LogP contribution is -2.18. The summed E-state index contributed by atoms with van der Waals surface area (Å²) in [5, 5.41) is 16.5. The van der Waals surface area contributed by atoms with Crippen molar-refractivity contribution in [1.82, 2.24) is 14.6 Å². The first-order chi connectivity index (χ1) is 8.99. The van der Waals surface area contributed by atoms with Gasteiger partial charge in [0.05, 0.1) is 12.2 Å². The molecule has 0 spiro atoms. The van der Waals surface area contributed by atoms with Crippen LogP contribution in [0.5, 0.6) is 0 Å². The standard InChI is InChI=1S/C11H9F3N4O/c12-11(13,14)7-19-4-3-10-17-16-9-2-1-8(5-15)6-18(9)10/h1-2,6H,3-4,7H2. The van der Waals surface area contributed by atoms with E-state index in [4.69, 9.17) is 5.26 Å². The molecule has 5 nitrogen and oxygen atoms in total. The van der Waals surface area contributed by atoms with Gasteiger partial charge in [-0.1, -0.05) is 0 Å². The van der Waals surface area contributed by atoms with Crippen molar-refractivity contribution in [1.29, 1.82) is 5.26 Å². The van der Waals surface area contributed by atoms with Crippen molar-refractivity contribution < 1.29 is 17.9 Å². The van der Waals surface area contributed by atoms with Gasteiger partial charge < -0.3 is 4.74 Å². The fraction of sp³-hybridized carbons (Fsp3) is 0.364. The second-order valence-electron chi connectivity index (χ2n) is 3.79. The molecule has 0 atom stereocenters. The summed E-state index contributed by atoms with van der Waals surface area (Å²) in [5.74, 6) is 0.453. The summed E-state index contributed by atoms with van der Waals surface area (Å²) in [6.45, 7) is -1.40. The number of ether oxygens (including phenoxy) is 1. The molecule has 0 N–H and O–H groups in total. The number of nitrogens with zero attached hydrogens (tertiary/aromatic N) is 4. The number of alkyl halides is 3. The monoisotopic (exact) mass is 270 g/mol. The molecule has 19 heavy (non-hydrogen) atoms. The third-order valence-electron chi connectivity index (χ3n) is 2.34. The van der Waals surface area contributed by atoms with Crippen LogP contribution in [0.1, 0.15) is 11.4 Å².